The van der Waals surface area contributed by atoms with Crippen LogP contribution < -0.4 is 9.64 Å². The Morgan fingerprint density at radius 1 is 1.38 bits per heavy atom. The molecule has 21 heavy (non-hydrogen) atoms. The fourth-order valence-corrected chi connectivity index (χ4v) is 2.59. The van der Waals surface area contributed by atoms with E-state index in [9.17, 15) is 5.11 Å². The van der Waals surface area contributed by atoms with Gasteiger partial charge in [0.2, 0.25) is 0 Å². The van der Waals surface area contributed by atoms with Gasteiger partial charge in [-0.25, -0.2) is 0 Å². The molecule has 0 aromatic heterocycles. The predicted molar refractivity (Wildman–Crippen MR) is 82.7 cm³/mol. The van der Waals surface area contributed by atoms with Crippen molar-refractivity contribution in [1.29, 1.82) is 0 Å². The largest absolute Gasteiger partial charge is 0.504 e. The van der Waals surface area contributed by atoms with Crippen LogP contribution in [-0.2, 0) is 4.74 Å². The van der Waals surface area contributed by atoms with E-state index in [1.165, 1.54) is 4.90 Å². The smallest absolute Gasteiger partial charge is 0.166 e. The maximum absolute atomic E-state index is 10.0. The minimum atomic E-state index is 0.0643. The summed E-state index contributed by atoms with van der Waals surface area (Å²) in [4.78, 5) is 6.04. The van der Waals surface area contributed by atoms with Gasteiger partial charge in [-0.05, 0) is 26.0 Å². The summed E-state index contributed by atoms with van der Waals surface area (Å²) in [5.74, 6) is 0.609. The van der Waals surface area contributed by atoms with Crippen LogP contribution in [0.5, 0.6) is 11.5 Å². The lowest BCUT2D eigenvalue weighted by Crippen LogP contribution is -3.21. The Balaban J connectivity index is 2.01. The van der Waals surface area contributed by atoms with Crippen LogP contribution in [0.15, 0.2) is 23.2 Å². The van der Waals surface area contributed by atoms with Gasteiger partial charge in [0.25, 0.3) is 0 Å². The minimum absolute atomic E-state index is 0.0643. The molecule has 1 saturated heterocycles. The molecular formula is C16H25N2O3+. The fraction of sp³-hybridized carbons (Fsp3) is 0.562. The maximum Gasteiger partial charge on any atom is 0.166 e. The van der Waals surface area contributed by atoms with Crippen molar-refractivity contribution in [2.45, 2.75) is 19.4 Å². The summed E-state index contributed by atoms with van der Waals surface area (Å²) in [6.07, 6.45) is 1.72. The molecule has 0 amide bonds. The highest BCUT2D eigenvalue weighted by Crippen LogP contribution is 2.27. The molecule has 2 rings (SSSR count). The first-order valence-electron chi connectivity index (χ1n) is 7.33. The molecule has 1 aliphatic rings. The van der Waals surface area contributed by atoms with E-state index in [2.05, 4.69) is 18.8 Å². The van der Waals surface area contributed by atoms with Crippen LogP contribution in [0.4, 0.5) is 0 Å². The molecule has 1 aromatic rings. The van der Waals surface area contributed by atoms with Gasteiger partial charge < -0.3 is 19.5 Å². The van der Waals surface area contributed by atoms with Gasteiger partial charge in [0, 0.05) is 11.8 Å². The van der Waals surface area contributed by atoms with Gasteiger partial charge in [-0.1, -0.05) is 6.07 Å². The molecule has 0 saturated carbocycles. The number of aliphatic imine (C=N–C) groups is 1. The Hall–Kier alpha value is -1.59. The standard InChI is InChI=1S/C16H24N2O3/c1-16(2,18-7-9-21-10-8-18)12-17-11-13-5-4-6-14(20-3)15(13)19/h4-6,11,19H,7-10,12H2,1-3H3/p+1. The number of nitrogens with zero attached hydrogens (tertiary/aromatic N) is 1. The van der Waals surface area contributed by atoms with E-state index >= 15 is 0 Å². The molecule has 1 fully saturated rings. The van der Waals surface area contributed by atoms with Crippen molar-refractivity contribution in [3.05, 3.63) is 23.8 Å². The number of benzene rings is 1. The van der Waals surface area contributed by atoms with E-state index in [1.54, 1.807) is 19.4 Å². The zero-order valence-corrected chi connectivity index (χ0v) is 13.1. The SMILES string of the molecule is COc1cccc(C=NCC(C)(C)[NH+]2CCOCC2)c1O. The summed E-state index contributed by atoms with van der Waals surface area (Å²) in [7, 11) is 1.54. The average Bonchev–Trinajstić information content (AvgIpc) is 2.50. The van der Waals surface area contributed by atoms with Crippen LogP contribution in [0.3, 0.4) is 0 Å². The highest BCUT2D eigenvalue weighted by molar-refractivity contribution is 5.84. The second-order valence-corrected chi connectivity index (χ2v) is 5.97. The number of nitrogens with one attached hydrogen (secondary N) is 1. The number of phenolic OH excluding ortho intramolecular Hbond substituents is 1. The van der Waals surface area contributed by atoms with Crippen LogP contribution >= 0.6 is 0 Å². The lowest BCUT2D eigenvalue weighted by molar-refractivity contribution is -0.953. The number of hydrogen-bond acceptors (Lipinski definition) is 4. The Kier molecular flexibility index (Phi) is 5.20. The van der Waals surface area contributed by atoms with Crippen LogP contribution in [0, 0.1) is 0 Å². The maximum atomic E-state index is 10.0. The lowest BCUT2D eigenvalue weighted by Gasteiger charge is -2.36. The number of phenols is 1. The van der Waals surface area contributed by atoms with Gasteiger partial charge in [0.15, 0.2) is 11.5 Å². The summed E-state index contributed by atoms with van der Waals surface area (Å²) in [5, 5.41) is 10.0. The molecule has 0 bridgehead atoms. The lowest BCUT2D eigenvalue weighted by atomic mass is 10.0. The van der Waals surface area contributed by atoms with E-state index < -0.39 is 0 Å². The Morgan fingerprint density at radius 2 is 2.10 bits per heavy atom. The summed E-state index contributed by atoms with van der Waals surface area (Å²) in [5.41, 5.74) is 0.747. The molecule has 0 atom stereocenters. The third-order valence-corrected chi connectivity index (χ3v) is 4.02. The predicted octanol–water partition coefficient (Wildman–Crippen LogP) is 0.513. The Labute approximate surface area is 126 Å². The molecule has 0 spiro atoms. The third-order valence-electron chi connectivity index (χ3n) is 4.02. The van der Waals surface area contributed by atoms with Gasteiger partial charge >= 0.3 is 0 Å². The molecule has 116 valence electrons. The normalized spacial score (nSPS) is 17.3. The first-order valence-corrected chi connectivity index (χ1v) is 7.33. The Morgan fingerprint density at radius 3 is 2.76 bits per heavy atom. The summed E-state index contributed by atoms with van der Waals surface area (Å²) < 4.78 is 10.5. The Bertz CT molecular complexity index is 494. The van der Waals surface area contributed by atoms with Gasteiger partial charge in [0.1, 0.15) is 18.6 Å². The van der Waals surface area contributed by atoms with E-state index in [0.29, 0.717) is 17.9 Å². The quantitative estimate of drug-likeness (QED) is 0.778. The molecule has 5 heteroatoms. The van der Waals surface area contributed by atoms with Crippen molar-refractivity contribution < 1.29 is 19.5 Å². The van der Waals surface area contributed by atoms with Crippen LogP contribution in [0.25, 0.3) is 0 Å². The van der Waals surface area contributed by atoms with Crippen LogP contribution in [-0.4, -0.2) is 56.8 Å². The van der Waals surface area contributed by atoms with Crippen LogP contribution in [0.1, 0.15) is 19.4 Å². The molecule has 2 N–H and O–H groups in total. The number of aromatic hydroxyl groups is 1. The number of rotatable bonds is 5. The van der Waals surface area contributed by atoms with E-state index in [0.717, 1.165) is 26.3 Å². The van der Waals surface area contributed by atoms with Crippen molar-refractivity contribution in [1.82, 2.24) is 0 Å². The topological polar surface area (TPSA) is 55.5 Å². The monoisotopic (exact) mass is 293 g/mol. The van der Waals surface area contributed by atoms with Gasteiger partial charge in [-0.3, -0.25) is 4.99 Å². The van der Waals surface area contributed by atoms with Crippen LogP contribution in [0.2, 0.25) is 0 Å². The molecule has 0 aliphatic carbocycles. The van der Waals surface area contributed by atoms with E-state index in [1.807, 2.05) is 12.1 Å². The second-order valence-electron chi connectivity index (χ2n) is 5.97. The van der Waals surface area contributed by atoms with Gasteiger partial charge in [-0.15, -0.1) is 0 Å². The number of methoxy groups -OCH3 is 1. The fourth-order valence-electron chi connectivity index (χ4n) is 2.59. The van der Waals surface area contributed by atoms with Crippen molar-refractivity contribution in [3.63, 3.8) is 0 Å². The zero-order valence-electron chi connectivity index (χ0n) is 13.1. The summed E-state index contributed by atoms with van der Waals surface area (Å²) in [6, 6.07) is 5.41. The summed E-state index contributed by atoms with van der Waals surface area (Å²) in [6.45, 7) is 8.82. The van der Waals surface area contributed by atoms with Crippen molar-refractivity contribution >= 4 is 6.21 Å². The third kappa shape index (κ3) is 3.95. The van der Waals surface area contributed by atoms with Crippen molar-refractivity contribution in [3.8, 4) is 11.5 Å². The number of ether oxygens (including phenoxy) is 2. The number of hydrogen-bond donors (Lipinski definition) is 2. The van der Waals surface area contributed by atoms with Crippen molar-refractivity contribution in [2.24, 2.45) is 4.99 Å². The van der Waals surface area contributed by atoms with Gasteiger partial charge in [0.05, 0.1) is 26.9 Å². The van der Waals surface area contributed by atoms with Gasteiger partial charge in [-0.2, -0.15) is 0 Å². The number of quaternary nitrogens is 1. The molecule has 5 nitrogen and oxygen atoms in total. The van der Waals surface area contributed by atoms with E-state index in [-0.39, 0.29) is 11.3 Å². The highest BCUT2D eigenvalue weighted by Gasteiger charge is 2.31. The number of morpholine rings is 1. The molecule has 0 radical (unpaired) electrons. The number of para-hydroxylation sites is 1. The first kappa shape index (κ1) is 15.8. The minimum Gasteiger partial charge on any atom is -0.504 e. The molecular weight excluding hydrogens is 268 g/mol. The van der Waals surface area contributed by atoms with Crippen molar-refractivity contribution in [2.75, 3.05) is 40.0 Å². The van der Waals surface area contributed by atoms with E-state index in [4.69, 9.17) is 9.47 Å². The zero-order chi connectivity index (χ0) is 15.3. The average molecular weight is 293 g/mol. The molecule has 0 unspecified atom stereocenters. The second kappa shape index (κ2) is 6.91. The highest BCUT2D eigenvalue weighted by atomic mass is 16.5. The molecule has 1 heterocycles. The summed E-state index contributed by atoms with van der Waals surface area (Å²) >= 11 is 0. The molecule has 1 aromatic carbocycles. The first-order chi connectivity index (χ1) is 10.0. The molecule has 1 aliphatic heterocycles.